The van der Waals surface area contributed by atoms with Crippen LogP contribution in [0.2, 0.25) is 0 Å². The van der Waals surface area contributed by atoms with Gasteiger partial charge in [-0.15, -0.1) is 0 Å². The Morgan fingerprint density at radius 2 is 1.91 bits per heavy atom. The Kier molecular flexibility index (Phi) is 5.52. The number of nitrogens with zero attached hydrogens (tertiary/aromatic N) is 3. The minimum atomic E-state index is -0.931. The zero-order chi connectivity index (χ0) is 24.2. The number of piperidine rings is 1. The van der Waals surface area contributed by atoms with Crippen LogP contribution in [0, 0.1) is 5.41 Å². The number of methoxy groups -OCH3 is 1. The number of anilines is 2. The van der Waals surface area contributed by atoms with Crippen LogP contribution in [0.25, 0.3) is 10.9 Å². The normalized spacial score (nSPS) is 30.8. The van der Waals surface area contributed by atoms with Crippen LogP contribution in [-0.2, 0) is 14.3 Å². The number of fused-ring (bicyclic) bond motifs is 3. The van der Waals surface area contributed by atoms with Gasteiger partial charge in [0.05, 0.1) is 18.8 Å². The zero-order valence-electron chi connectivity index (χ0n) is 20.2. The van der Waals surface area contributed by atoms with Gasteiger partial charge in [-0.25, -0.2) is 10.4 Å². The predicted molar refractivity (Wildman–Crippen MR) is 131 cm³/mol. The lowest BCUT2D eigenvalue weighted by Crippen LogP contribution is -2.53. The van der Waals surface area contributed by atoms with E-state index in [1.165, 1.54) is 7.11 Å². The van der Waals surface area contributed by atoms with Gasteiger partial charge in [-0.3, -0.25) is 20.0 Å². The molecule has 10 heteroatoms. The van der Waals surface area contributed by atoms with Crippen LogP contribution in [0.4, 0.5) is 11.6 Å². The van der Waals surface area contributed by atoms with Gasteiger partial charge in [0, 0.05) is 41.8 Å². The van der Waals surface area contributed by atoms with Gasteiger partial charge in [-0.05, 0) is 64.0 Å². The fourth-order valence-electron chi connectivity index (χ4n) is 6.14. The van der Waals surface area contributed by atoms with Crippen LogP contribution in [0.3, 0.4) is 0 Å². The summed E-state index contributed by atoms with van der Waals surface area (Å²) in [5, 5.41) is 8.14. The third kappa shape index (κ3) is 3.98. The van der Waals surface area contributed by atoms with Gasteiger partial charge in [-0.1, -0.05) is 0 Å². The van der Waals surface area contributed by atoms with Crippen molar-refractivity contribution in [2.45, 2.75) is 82.2 Å². The second kappa shape index (κ2) is 8.60. The van der Waals surface area contributed by atoms with Crippen molar-refractivity contribution < 1.29 is 14.3 Å². The molecule has 3 saturated heterocycles. The summed E-state index contributed by atoms with van der Waals surface area (Å²) >= 11 is 0. The summed E-state index contributed by atoms with van der Waals surface area (Å²) in [6, 6.07) is 6.82. The highest BCUT2D eigenvalue weighted by Gasteiger charge is 2.62. The quantitative estimate of drug-likeness (QED) is 0.365. The molecule has 1 saturated carbocycles. The molecule has 0 spiro atoms. The molecule has 35 heavy (non-hydrogen) atoms. The first kappa shape index (κ1) is 22.5. The van der Waals surface area contributed by atoms with Crippen molar-refractivity contribution >= 4 is 34.4 Å². The van der Waals surface area contributed by atoms with Crippen LogP contribution in [0.15, 0.2) is 24.4 Å². The van der Waals surface area contributed by atoms with E-state index in [9.17, 15) is 9.59 Å². The van der Waals surface area contributed by atoms with Gasteiger partial charge in [0.15, 0.2) is 0 Å². The van der Waals surface area contributed by atoms with Gasteiger partial charge in [0.2, 0.25) is 5.91 Å². The monoisotopic (exact) mass is 479 g/mol. The Labute approximate surface area is 204 Å². The summed E-state index contributed by atoms with van der Waals surface area (Å²) in [5.74, 6) is 1.18. The number of rotatable bonds is 6. The maximum Gasteiger partial charge on any atom is 0.321 e. The molecule has 6 rings (SSSR count). The Balaban J connectivity index is 1.20. The summed E-state index contributed by atoms with van der Waals surface area (Å²) in [7, 11) is 1.37. The molecule has 1 amide bonds. The van der Waals surface area contributed by atoms with Crippen LogP contribution in [-0.4, -0.2) is 64.2 Å². The molecule has 10 nitrogen and oxygen atoms in total. The van der Waals surface area contributed by atoms with Crippen molar-refractivity contribution in [3.63, 3.8) is 0 Å². The van der Waals surface area contributed by atoms with E-state index in [1.54, 1.807) is 6.20 Å². The van der Waals surface area contributed by atoms with Crippen molar-refractivity contribution in [3.05, 3.63) is 24.4 Å². The number of aromatic nitrogens is 2. The van der Waals surface area contributed by atoms with Gasteiger partial charge in [-0.2, -0.15) is 0 Å². The molecule has 1 aliphatic carbocycles. The first-order valence-electron chi connectivity index (χ1n) is 12.7. The van der Waals surface area contributed by atoms with Crippen molar-refractivity contribution in [2.24, 2.45) is 5.41 Å². The molecule has 2 aromatic rings. The van der Waals surface area contributed by atoms with E-state index < -0.39 is 5.41 Å². The van der Waals surface area contributed by atoms with Crippen molar-refractivity contribution in [1.82, 2.24) is 25.7 Å². The second-order valence-electron chi connectivity index (χ2n) is 10.5. The summed E-state index contributed by atoms with van der Waals surface area (Å²) < 4.78 is 4.96. The molecule has 5 atom stereocenters. The molecule has 4 aliphatic rings. The molecule has 3 aliphatic heterocycles. The number of carbonyl (C=O) groups is 2. The number of hydrazine groups is 1. The molecule has 4 N–H and O–H groups in total. The first-order valence-corrected chi connectivity index (χ1v) is 12.7. The minimum Gasteiger partial charge on any atom is -0.468 e. The van der Waals surface area contributed by atoms with E-state index in [1.807, 2.05) is 23.1 Å². The largest absolute Gasteiger partial charge is 0.468 e. The Hall–Kier alpha value is -2.98. The first-order chi connectivity index (χ1) is 17.0. The van der Waals surface area contributed by atoms with Crippen LogP contribution in [0.5, 0.6) is 0 Å². The van der Waals surface area contributed by atoms with E-state index in [4.69, 9.17) is 9.72 Å². The summed E-state index contributed by atoms with van der Waals surface area (Å²) in [5.41, 5.74) is 6.44. The van der Waals surface area contributed by atoms with Gasteiger partial charge >= 0.3 is 5.97 Å². The fourth-order valence-corrected chi connectivity index (χ4v) is 6.14. The molecule has 5 heterocycles. The SMILES string of the molecule is COC(=O)C1(C(=O)N2[C@@H]3CC[C@H]2CC(Nc2nc(NC4CC(C)NN4)cc4ncccc24)C3)CC1. The number of carbonyl (C=O) groups excluding carboxylic acids is 2. The molecule has 3 unspecified atom stereocenters. The average molecular weight is 480 g/mol. The highest BCUT2D eigenvalue weighted by molar-refractivity contribution is 6.06. The second-order valence-corrected chi connectivity index (χ2v) is 10.5. The smallest absolute Gasteiger partial charge is 0.321 e. The molecule has 2 bridgehead atoms. The van der Waals surface area contributed by atoms with E-state index in [0.29, 0.717) is 18.9 Å². The fraction of sp³-hybridized carbons (Fsp3) is 0.600. The highest BCUT2D eigenvalue weighted by atomic mass is 16.5. The number of pyridine rings is 2. The van der Waals surface area contributed by atoms with Crippen molar-refractivity contribution in [3.8, 4) is 0 Å². The number of nitrogens with one attached hydrogen (secondary N) is 4. The van der Waals surface area contributed by atoms with E-state index in [0.717, 1.165) is 54.6 Å². The van der Waals surface area contributed by atoms with Gasteiger partial charge in [0.1, 0.15) is 17.1 Å². The third-order valence-corrected chi connectivity index (χ3v) is 8.06. The average Bonchev–Trinajstić information content (AvgIpc) is 3.50. The third-order valence-electron chi connectivity index (χ3n) is 8.06. The Bertz CT molecular complexity index is 1140. The molecular weight excluding hydrogens is 446 g/mol. The molecule has 186 valence electrons. The number of hydrogen-bond acceptors (Lipinski definition) is 9. The Morgan fingerprint density at radius 1 is 1.14 bits per heavy atom. The minimum absolute atomic E-state index is 0.0267. The van der Waals surface area contributed by atoms with Crippen molar-refractivity contribution in [1.29, 1.82) is 0 Å². The lowest BCUT2D eigenvalue weighted by atomic mass is 9.94. The van der Waals surface area contributed by atoms with Gasteiger partial charge < -0.3 is 20.3 Å². The summed E-state index contributed by atoms with van der Waals surface area (Å²) in [6.07, 6.45) is 7.68. The number of hydrogen-bond donors (Lipinski definition) is 4. The molecule has 4 fully saturated rings. The lowest BCUT2D eigenvalue weighted by molar-refractivity contribution is -0.158. The van der Waals surface area contributed by atoms with Gasteiger partial charge in [0.25, 0.3) is 0 Å². The van der Waals surface area contributed by atoms with E-state index >= 15 is 0 Å². The maximum absolute atomic E-state index is 13.4. The van der Waals surface area contributed by atoms with Crippen molar-refractivity contribution in [2.75, 3.05) is 17.7 Å². The van der Waals surface area contributed by atoms with Crippen LogP contribution < -0.4 is 21.5 Å². The Morgan fingerprint density at radius 3 is 2.57 bits per heavy atom. The van der Waals surface area contributed by atoms with E-state index in [2.05, 4.69) is 33.4 Å². The number of amides is 1. The molecular formula is C25H33N7O3. The van der Waals surface area contributed by atoms with E-state index in [-0.39, 0.29) is 36.2 Å². The standard InChI is InChI=1S/C25H33N7O3/c1-14-10-21(31-30-14)28-20-13-19-18(4-3-9-26-19)22(29-20)27-15-11-16-5-6-17(12-15)32(16)23(33)25(7-8-25)24(34)35-2/h3-4,9,13-17,21,30-31H,5-8,10-12H2,1-2H3,(H2,27,28,29)/t14?,15?,16-,17+,21?. The zero-order valence-corrected chi connectivity index (χ0v) is 20.2. The van der Waals surface area contributed by atoms with Crippen LogP contribution in [0.1, 0.15) is 51.9 Å². The number of esters is 1. The topological polar surface area (TPSA) is 121 Å². The summed E-state index contributed by atoms with van der Waals surface area (Å²) in [4.78, 5) is 37.2. The van der Waals surface area contributed by atoms with Crippen LogP contribution >= 0.6 is 0 Å². The molecule has 0 aromatic carbocycles. The summed E-state index contributed by atoms with van der Waals surface area (Å²) in [6.45, 7) is 2.14. The number of ether oxygens (including phenoxy) is 1. The highest BCUT2D eigenvalue weighted by Crippen LogP contribution is 2.51. The predicted octanol–water partition coefficient (Wildman–Crippen LogP) is 2.14. The lowest BCUT2D eigenvalue weighted by Gasteiger charge is -2.40. The maximum atomic E-state index is 13.4. The molecule has 0 radical (unpaired) electrons. The molecule has 2 aromatic heterocycles.